The molecule has 5 nitrogen and oxygen atoms in total. The fourth-order valence-electron chi connectivity index (χ4n) is 1.30. The Balaban J connectivity index is 2.03. The summed E-state index contributed by atoms with van der Waals surface area (Å²) in [6, 6.07) is 5.50. The number of nitrogens with one attached hydrogen (secondary N) is 1. The molecule has 0 fully saturated rings. The second-order valence-electron chi connectivity index (χ2n) is 3.49. The van der Waals surface area contributed by atoms with E-state index in [9.17, 15) is 15.0 Å². The van der Waals surface area contributed by atoms with E-state index in [4.69, 9.17) is 0 Å². The molecule has 0 radical (unpaired) electrons. The van der Waals surface area contributed by atoms with Crippen LogP contribution in [0.4, 0.5) is 0 Å². The number of phenolic OH excluding ortho intramolecular Hbond substituents is 2. The predicted molar refractivity (Wildman–Crippen MR) is 69.2 cm³/mol. The van der Waals surface area contributed by atoms with Crippen molar-refractivity contribution in [2.45, 2.75) is 0 Å². The Morgan fingerprint density at radius 2 is 2.00 bits per heavy atom. The van der Waals surface area contributed by atoms with E-state index in [0.29, 0.717) is 0 Å². The molecule has 1 aromatic heterocycles. The topological polar surface area (TPSA) is 81.9 Å². The highest BCUT2D eigenvalue weighted by molar-refractivity contribution is 7.08. The van der Waals surface area contributed by atoms with Crippen molar-refractivity contribution in [2.24, 2.45) is 5.10 Å². The standard InChI is InChI=1S/C12H10N2O3S/c15-10-3-9(4-11(16)5-10)12(17)14-13-6-8-1-2-18-7-8/h1-7,15-16H,(H,14,17)/b13-6+. The summed E-state index contributed by atoms with van der Waals surface area (Å²) in [5, 5.41) is 26.0. The molecule has 0 atom stereocenters. The van der Waals surface area contributed by atoms with Gasteiger partial charge in [-0.05, 0) is 29.0 Å². The number of hydrazone groups is 1. The molecule has 0 saturated heterocycles. The normalized spacial score (nSPS) is 10.7. The Hall–Kier alpha value is -2.34. The van der Waals surface area contributed by atoms with Gasteiger partial charge in [-0.1, -0.05) is 0 Å². The molecule has 0 bridgehead atoms. The number of phenols is 2. The summed E-state index contributed by atoms with van der Waals surface area (Å²) >= 11 is 1.53. The van der Waals surface area contributed by atoms with Gasteiger partial charge in [0.1, 0.15) is 11.5 Å². The molecule has 2 rings (SSSR count). The summed E-state index contributed by atoms with van der Waals surface area (Å²) in [5.74, 6) is -0.864. The SMILES string of the molecule is O=C(N/N=C/c1ccsc1)c1cc(O)cc(O)c1. The van der Waals surface area contributed by atoms with Crippen LogP contribution in [0, 0.1) is 0 Å². The number of carbonyl (C=O) groups excluding carboxylic acids is 1. The summed E-state index contributed by atoms with van der Waals surface area (Å²) < 4.78 is 0. The van der Waals surface area contributed by atoms with Crippen LogP contribution >= 0.6 is 11.3 Å². The number of rotatable bonds is 3. The van der Waals surface area contributed by atoms with Crippen LogP contribution in [-0.2, 0) is 0 Å². The van der Waals surface area contributed by atoms with E-state index >= 15 is 0 Å². The van der Waals surface area contributed by atoms with E-state index in [1.54, 1.807) is 0 Å². The van der Waals surface area contributed by atoms with Crippen LogP contribution in [0.25, 0.3) is 0 Å². The number of amides is 1. The molecule has 1 amide bonds. The molecule has 0 spiro atoms. The lowest BCUT2D eigenvalue weighted by molar-refractivity contribution is 0.0954. The van der Waals surface area contributed by atoms with Gasteiger partial charge in [0, 0.05) is 17.2 Å². The van der Waals surface area contributed by atoms with E-state index in [1.807, 2.05) is 16.8 Å². The molecule has 2 aromatic rings. The van der Waals surface area contributed by atoms with Crippen LogP contribution in [-0.4, -0.2) is 22.3 Å². The van der Waals surface area contributed by atoms with Gasteiger partial charge in [-0.15, -0.1) is 0 Å². The molecule has 0 saturated carbocycles. The summed E-state index contributed by atoms with van der Waals surface area (Å²) in [6.07, 6.45) is 1.51. The molecule has 1 aromatic carbocycles. The molecule has 0 aliphatic carbocycles. The van der Waals surface area contributed by atoms with Crippen LogP contribution in [0.1, 0.15) is 15.9 Å². The summed E-state index contributed by atoms with van der Waals surface area (Å²) in [7, 11) is 0. The maximum absolute atomic E-state index is 11.6. The molecule has 3 N–H and O–H groups in total. The van der Waals surface area contributed by atoms with Gasteiger partial charge in [-0.2, -0.15) is 16.4 Å². The third kappa shape index (κ3) is 3.08. The van der Waals surface area contributed by atoms with Crippen molar-refractivity contribution in [2.75, 3.05) is 0 Å². The molecule has 1 heterocycles. The van der Waals surface area contributed by atoms with Crippen LogP contribution in [0.15, 0.2) is 40.1 Å². The van der Waals surface area contributed by atoms with Crippen molar-refractivity contribution in [1.82, 2.24) is 5.43 Å². The minimum atomic E-state index is -0.507. The van der Waals surface area contributed by atoms with Crippen LogP contribution in [0.5, 0.6) is 11.5 Å². The van der Waals surface area contributed by atoms with Crippen LogP contribution in [0.3, 0.4) is 0 Å². The number of hydrogen-bond acceptors (Lipinski definition) is 5. The fraction of sp³-hybridized carbons (Fsp3) is 0. The molecule has 92 valence electrons. The molecule has 18 heavy (non-hydrogen) atoms. The first kappa shape index (κ1) is 12.1. The van der Waals surface area contributed by atoms with Crippen molar-refractivity contribution in [3.05, 3.63) is 46.2 Å². The largest absolute Gasteiger partial charge is 0.508 e. The first-order valence-corrected chi connectivity index (χ1v) is 5.98. The molecule has 6 heteroatoms. The zero-order chi connectivity index (χ0) is 13.0. The molecule has 0 aliphatic heterocycles. The Kier molecular flexibility index (Phi) is 3.59. The molecular weight excluding hydrogens is 252 g/mol. The van der Waals surface area contributed by atoms with Gasteiger partial charge < -0.3 is 10.2 Å². The third-order valence-electron chi connectivity index (χ3n) is 2.09. The van der Waals surface area contributed by atoms with Crippen molar-refractivity contribution in [3.8, 4) is 11.5 Å². The molecular formula is C12H10N2O3S. The van der Waals surface area contributed by atoms with Crippen LogP contribution < -0.4 is 5.43 Å². The lowest BCUT2D eigenvalue weighted by Crippen LogP contribution is -2.17. The lowest BCUT2D eigenvalue weighted by Gasteiger charge is -2.01. The highest BCUT2D eigenvalue weighted by Crippen LogP contribution is 2.20. The van der Waals surface area contributed by atoms with Gasteiger partial charge in [0.2, 0.25) is 0 Å². The highest BCUT2D eigenvalue weighted by Gasteiger charge is 2.07. The Morgan fingerprint density at radius 1 is 1.28 bits per heavy atom. The van der Waals surface area contributed by atoms with E-state index in [0.717, 1.165) is 11.6 Å². The number of thiophene rings is 1. The molecule has 0 aliphatic rings. The zero-order valence-electron chi connectivity index (χ0n) is 9.20. The van der Waals surface area contributed by atoms with Gasteiger partial charge in [-0.3, -0.25) is 4.79 Å². The average Bonchev–Trinajstić information content (AvgIpc) is 2.80. The monoisotopic (exact) mass is 262 g/mol. The first-order chi connectivity index (χ1) is 8.65. The summed E-state index contributed by atoms with van der Waals surface area (Å²) in [4.78, 5) is 11.6. The van der Waals surface area contributed by atoms with E-state index < -0.39 is 5.91 Å². The number of carbonyl (C=O) groups is 1. The number of benzene rings is 1. The number of nitrogens with zero attached hydrogens (tertiary/aromatic N) is 1. The highest BCUT2D eigenvalue weighted by atomic mass is 32.1. The van der Waals surface area contributed by atoms with Crippen molar-refractivity contribution < 1.29 is 15.0 Å². The maximum Gasteiger partial charge on any atom is 0.271 e. The van der Waals surface area contributed by atoms with Gasteiger partial charge in [0.15, 0.2) is 0 Å². The molecule has 0 unspecified atom stereocenters. The zero-order valence-corrected chi connectivity index (χ0v) is 10.0. The third-order valence-corrected chi connectivity index (χ3v) is 2.79. The summed E-state index contributed by atoms with van der Waals surface area (Å²) in [6.45, 7) is 0. The van der Waals surface area contributed by atoms with Gasteiger partial charge >= 0.3 is 0 Å². The minimum absolute atomic E-state index is 0.134. The Labute approximate surface area is 107 Å². The second-order valence-corrected chi connectivity index (χ2v) is 4.27. The van der Waals surface area contributed by atoms with Crippen LogP contribution in [0.2, 0.25) is 0 Å². The average molecular weight is 262 g/mol. The Bertz CT molecular complexity index is 559. The van der Waals surface area contributed by atoms with Crippen molar-refractivity contribution in [3.63, 3.8) is 0 Å². The van der Waals surface area contributed by atoms with Gasteiger partial charge in [0.25, 0.3) is 5.91 Å². The van der Waals surface area contributed by atoms with E-state index in [1.165, 1.54) is 29.7 Å². The Morgan fingerprint density at radius 3 is 2.61 bits per heavy atom. The minimum Gasteiger partial charge on any atom is -0.508 e. The quantitative estimate of drug-likeness (QED) is 0.584. The van der Waals surface area contributed by atoms with E-state index in [2.05, 4.69) is 10.5 Å². The first-order valence-electron chi connectivity index (χ1n) is 5.04. The van der Waals surface area contributed by atoms with Crippen molar-refractivity contribution in [1.29, 1.82) is 0 Å². The van der Waals surface area contributed by atoms with Crippen molar-refractivity contribution >= 4 is 23.5 Å². The van der Waals surface area contributed by atoms with Gasteiger partial charge in [0.05, 0.1) is 6.21 Å². The smallest absolute Gasteiger partial charge is 0.271 e. The van der Waals surface area contributed by atoms with E-state index in [-0.39, 0.29) is 17.1 Å². The summed E-state index contributed by atoms with van der Waals surface area (Å²) in [5.41, 5.74) is 3.33. The fourth-order valence-corrected chi connectivity index (χ4v) is 1.92. The number of aromatic hydroxyl groups is 2. The van der Waals surface area contributed by atoms with Gasteiger partial charge in [-0.25, -0.2) is 5.43 Å². The second kappa shape index (κ2) is 5.33. The number of hydrogen-bond donors (Lipinski definition) is 3. The maximum atomic E-state index is 11.6. The predicted octanol–water partition coefficient (Wildman–Crippen LogP) is 1.92. The lowest BCUT2D eigenvalue weighted by atomic mass is 10.2.